The van der Waals surface area contributed by atoms with Gasteiger partial charge in [0.25, 0.3) is 0 Å². The molecule has 0 spiro atoms. The zero-order chi connectivity index (χ0) is 11.1. The molecule has 0 bridgehead atoms. The Labute approximate surface area is 105 Å². The number of halogens is 1. The maximum Gasteiger partial charge on any atom is 0.0705 e. The smallest absolute Gasteiger partial charge is 0.0705 e. The van der Waals surface area contributed by atoms with Crippen LogP contribution in [0, 0.1) is 0 Å². The number of nitrogens with zero attached hydrogens (tertiary/aromatic N) is 1. The fraction of sp³-hybridized carbons (Fsp3) is 0.455. The van der Waals surface area contributed by atoms with Gasteiger partial charge in [0.1, 0.15) is 0 Å². The first kappa shape index (κ1) is 12.7. The molecule has 1 rings (SSSR count). The molecule has 0 saturated carbocycles. The third-order valence-electron chi connectivity index (χ3n) is 2.33. The minimum absolute atomic E-state index is 0.798. The second-order valence-corrected chi connectivity index (χ2v) is 4.77. The quantitative estimate of drug-likeness (QED) is 0.465. The molecule has 3 N–H and O–H groups in total. The molecule has 15 heavy (non-hydrogen) atoms. The van der Waals surface area contributed by atoms with Gasteiger partial charge in [-0.2, -0.15) is 0 Å². The maximum absolute atomic E-state index is 5.57. The van der Waals surface area contributed by atoms with E-state index in [0.29, 0.717) is 0 Å². The van der Waals surface area contributed by atoms with Gasteiger partial charge in [0.15, 0.2) is 0 Å². The van der Waals surface area contributed by atoms with Crippen molar-refractivity contribution >= 4 is 22.6 Å². The molecule has 0 unspecified atom stereocenters. The van der Waals surface area contributed by atoms with Gasteiger partial charge in [0.2, 0.25) is 0 Å². The summed E-state index contributed by atoms with van der Waals surface area (Å²) in [6.07, 6.45) is 5.86. The zero-order valence-corrected chi connectivity index (χ0v) is 11.0. The Kier molecular flexibility index (Phi) is 5.97. The number of allylic oxidation sites excluding steroid dienone is 2. The SMILES string of the molecule is C=C/C(=C\C=C(/N)I)CN1CCNCC1. The van der Waals surface area contributed by atoms with E-state index in [1.54, 1.807) is 0 Å². The summed E-state index contributed by atoms with van der Waals surface area (Å²) >= 11 is 2.10. The van der Waals surface area contributed by atoms with Crippen LogP contribution < -0.4 is 11.1 Å². The molecule has 1 saturated heterocycles. The molecular formula is C11H18IN3. The van der Waals surface area contributed by atoms with Gasteiger partial charge in [-0.15, -0.1) is 0 Å². The van der Waals surface area contributed by atoms with Crippen LogP contribution in [-0.2, 0) is 0 Å². The van der Waals surface area contributed by atoms with Crippen molar-refractivity contribution in [3.63, 3.8) is 0 Å². The Balaban J connectivity index is 2.48. The van der Waals surface area contributed by atoms with Crippen LogP contribution in [0.4, 0.5) is 0 Å². The van der Waals surface area contributed by atoms with E-state index in [-0.39, 0.29) is 0 Å². The Morgan fingerprint density at radius 3 is 2.60 bits per heavy atom. The molecule has 0 radical (unpaired) electrons. The Morgan fingerprint density at radius 1 is 1.40 bits per heavy atom. The number of nitrogens with one attached hydrogen (secondary N) is 1. The topological polar surface area (TPSA) is 41.3 Å². The van der Waals surface area contributed by atoms with E-state index in [1.807, 2.05) is 18.2 Å². The van der Waals surface area contributed by atoms with Crippen molar-refractivity contribution in [1.82, 2.24) is 10.2 Å². The summed E-state index contributed by atoms with van der Waals surface area (Å²) in [4.78, 5) is 2.42. The van der Waals surface area contributed by atoms with E-state index in [4.69, 9.17) is 5.73 Å². The highest BCUT2D eigenvalue weighted by molar-refractivity contribution is 14.1. The second kappa shape index (κ2) is 7.03. The molecule has 0 aliphatic carbocycles. The van der Waals surface area contributed by atoms with Crippen LogP contribution in [0.2, 0.25) is 0 Å². The van der Waals surface area contributed by atoms with Crippen molar-refractivity contribution in [3.05, 3.63) is 34.1 Å². The number of hydrogen-bond acceptors (Lipinski definition) is 3. The van der Waals surface area contributed by atoms with E-state index < -0.39 is 0 Å². The third kappa shape index (κ3) is 5.34. The minimum atomic E-state index is 0.798. The van der Waals surface area contributed by atoms with Gasteiger partial charge in [0, 0.05) is 32.7 Å². The van der Waals surface area contributed by atoms with E-state index in [1.165, 1.54) is 5.57 Å². The zero-order valence-electron chi connectivity index (χ0n) is 8.88. The third-order valence-corrected chi connectivity index (χ3v) is 2.69. The average Bonchev–Trinajstić information content (AvgIpc) is 2.25. The largest absolute Gasteiger partial charge is 0.394 e. The maximum atomic E-state index is 5.57. The lowest BCUT2D eigenvalue weighted by Gasteiger charge is -2.27. The fourth-order valence-electron chi connectivity index (χ4n) is 1.50. The molecule has 1 fully saturated rings. The summed E-state index contributed by atoms with van der Waals surface area (Å²) in [6.45, 7) is 9.15. The van der Waals surface area contributed by atoms with Gasteiger partial charge in [-0.25, -0.2) is 0 Å². The summed E-state index contributed by atoms with van der Waals surface area (Å²) in [7, 11) is 0. The van der Waals surface area contributed by atoms with Gasteiger partial charge in [-0.05, 0) is 34.2 Å². The minimum Gasteiger partial charge on any atom is -0.394 e. The molecule has 1 heterocycles. The molecule has 1 aliphatic rings. The van der Waals surface area contributed by atoms with Crippen molar-refractivity contribution in [2.45, 2.75) is 0 Å². The summed E-state index contributed by atoms with van der Waals surface area (Å²) < 4.78 is 0.798. The van der Waals surface area contributed by atoms with Crippen LogP contribution in [0.1, 0.15) is 0 Å². The average molecular weight is 319 g/mol. The molecule has 0 aromatic rings. The number of rotatable bonds is 4. The lowest BCUT2D eigenvalue weighted by molar-refractivity contribution is 0.261. The monoisotopic (exact) mass is 319 g/mol. The van der Waals surface area contributed by atoms with Crippen molar-refractivity contribution in [1.29, 1.82) is 0 Å². The predicted octanol–water partition coefficient (Wildman–Crippen LogP) is 1.24. The normalized spacial score (nSPS) is 20.3. The Bertz CT molecular complexity index is 261. The van der Waals surface area contributed by atoms with Crippen molar-refractivity contribution in [2.75, 3.05) is 32.7 Å². The number of hydrogen-bond donors (Lipinski definition) is 2. The van der Waals surface area contributed by atoms with Gasteiger partial charge >= 0.3 is 0 Å². The first-order valence-corrected chi connectivity index (χ1v) is 6.17. The van der Waals surface area contributed by atoms with Gasteiger partial charge in [0.05, 0.1) is 3.70 Å². The Morgan fingerprint density at radius 2 is 2.07 bits per heavy atom. The molecule has 84 valence electrons. The highest BCUT2D eigenvalue weighted by atomic mass is 127. The highest BCUT2D eigenvalue weighted by Crippen LogP contribution is 2.04. The van der Waals surface area contributed by atoms with Crippen LogP contribution in [0.3, 0.4) is 0 Å². The van der Waals surface area contributed by atoms with Crippen LogP contribution in [0.5, 0.6) is 0 Å². The lowest BCUT2D eigenvalue weighted by atomic mass is 10.2. The van der Waals surface area contributed by atoms with Crippen LogP contribution in [-0.4, -0.2) is 37.6 Å². The molecule has 0 aromatic carbocycles. The molecule has 3 nitrogen and oxygen atoms in total. The van der Waals surface area contributed by atoms with E-state index in [2.05, 4.69) is 39.4 Å². The van der Waals surface area contributed by atoms with Crippen molar-refractivity contribution in [3.8, 4) is 0 Å². The first-order valence-electron chi connectivity index (χ1n) is 5.09. The molecular weight excluding hydrogens is 301 g/mol. The summed E-state index contributed by atoms with van der Waals surface area (Å²) in [5, 5.41) is 3.34. The van der Waals surface area contributed by atoms with Crippen molar-refractivity contribution < 1.29 is 0 Å². The number of piperazine rings is 1. The highest BCUT2D eigenvalue weighted by Gasteiger charge is 2.09. The summed E-state index contributed by atoms with van der Waals surface area (Å²) in [5.74, 6) is 0. The molecule has 0 atom stereocenters. The van der Waals surface area contributed by atoms with Gasteiger partial charge in [-0.3, -0.25) is 4.90 Å². The van der Waals surface area contributed by atoms with Gasteiger partial charge < -0.3 is 11.1 Å². The Hall–Kier alpha value is -0.330. The van der Waals surface area contributed by atoms with Crippen LogP contribution in [0.25, 0.3) is 0 Å². The fourth-order valence-corrected chi connectivity index (χ4v) is 1.68. The lowest BCUT2D eigenvalue weighted by Crippen LogP contribution is -2.44. The molecule has 1 aliphatic heterocycles. The van der Waals surface area contributed by atoms with Crippen LogP contribution in [0.15, 0.2) is 34.1 Å². The van der Waals surface area contributed by atoms with Crippen molar-refractivity contribution in [2.24, 2.45) is 5.73 Å². The predicted molar refractivity (Wildman–Crippen MR) is 73.9 cm³/mol. The number of nitrogens with two attached hydrogens (primary N) is 1. The molecule has 0 aromatic heterocycles. The van der Waals surface area contributed by atoms with E-state index >= 15 is 0 Å². The molecule has 4 heteroatoms. The molecule has 0 amide bonds. The van der Waals surface area contributed by atoms with Gasteiger partial charge in [-0.1, -0.05) is 18.7 Å². The van der Waals surface area contributed by atoms with E-state index in [9.17, 15) is 0 Å². The summed E-state index contributed by atoms with van der Waals surface area (Å²) in [6, 6.07) is 0. The van der Waals surface area contributed by atoms with E-state index in [0.717, 1.165) is 36.4 Å². The first-order chi connectivity index (χ1) is 7.22. The van der Waals surface area contributed by atoms with Crippen LogP contribution >= 0.6 is 22.6 Å². The second-order valence-electron chi connectivity index (χ2n) is 3.52. The standard InChI is InChI=1S/C11H18IN3/c1-2-10(3-4-11(12)13)9-15-7-5-14-6-8-15/h2-4,14H,1,5-9,13H2/b10-3+,11-4-. The summed E-state index contributed by atoms with van der Waals surface area (Å²) in [5.41, 5.74) is 6.79.